The summed E-state index contributed by atoms with van der Waals surface area (Å²) >= 11 is 0. The molecular weight excluding hydrogens is 280 g/mol. The lowest BCUT2D eigenvalue weighted by Crippen LogP contribution is -2.33. The largest absolute Gasteiger partial charge is 0.495 e. The van der Waals surface area contributed by atoms with Gasteiger partial charge < -0.3 is 10.1 Å². The summed E-state index contributed by atoms with van der Waals surface area (Å²) in [5.74, 6) is -0.0256. The number of nitrogens with one attached hydrogen (secondary N) is 1. The molecule has 6 nitrogen and oxygen atoms in total. The second-order valence-corrected chi connectivity index (χ2v) is 6.63. The lowest BCUT2D eigenvalue weighted by Gasteiger charge is -2.22. The van der Waals surface area contributed by atoms with Gasteiger partial charge in [0.05, 0.1) is 7.11 Å². The van der Waals surface area contributed by atoms with Gasteiger partial charge in [0.25, 0.3) is 0 Å². The number of hydrogen-bond donors (Lipinski definition) is 1. The molecule has 1 N–H and O–H groups in total. The monoisotopic (exact) mass is 300 g/mol. The zero-order chi connectivity index (χ0) is 15.5. The fourth-order valence-electron chi connectivity index (χ4n) is 1.59. The molecule has 0 spiro atoms. The van der Waals surface area contributed by atoms with Crippen LogP contribution in [0.15, 0.2) is 23.1 Å². The molecule has 0 aliphatic carbocycles. The number of amides is 1. The Hall–Kier alpha value is -1.60. The maximum Gasteiger partial charge on any atom is 0.246 e. The summed E-state index contributed by atoms with van der Waals surface area (Å²) in [5, 5.41) is 2.56. The van der Waals surface area contributed by atoms with Crippen molar-refractivity contribution in [2.45, 2.75) is 31.7 Å². The topological polar surface area (TPSA) is 75.7 Å². The predicted octanol–water partition coefficient (Wildman–Crippen LogP) is 1.68. The number of methoxy groups -OCH3 is 1. The Morgan fingerprint density at radius 2 is 1.95 bits per heavy atom. The van der Waals surface area contributed by atoms with Crippen molar-refractivity contribution in [2.75, 3.05) is 19.5 Å². The number of sulfonamides is 1. The number of benzene rings is 1. The van der Waals surface area contributed by atoms with Crippen LogP contribution in [-0.2, 0) is 14.8 Å². The fourth-order valence-corrected chi connectivity index (χ4v) is 3.14. The quantitative estimate of drug-likeness (QED) is 0.897. The Kier molecular flexibility index (Phi) is 5.13. The highest BCUT2D eigenvalue weighted by Gasteiger charge is 2.27. The van der Waals surface area contributed by atoms with Gasteiger partial charge in [-0.15, -0.1) is 0 Å². The third kappa shape index (κ3) is 3.49. The smallest absolute Gasteiger partial charge is 0.246 e. The molecule has 0 saturated carbocycles. The molecule has 20 heavy (non-hydrogen) atoms. The summed E-state index contributed by atoms with van der Waals surface area (Å²) in [6, 6.07) is 4.32. The second kappa shape index (κ2) is 6.23. The highest BCUT2D eigenvalue weighted by atomic mass is 32.2. The lowest BCUT2D eigenvalue weighted by molar-refractivity contribution is -0.114. The summed E-state index contributed by atoms with van der Waals surface area (Å²) in [6.07, 6.45) is 0. The van der Waals surface area contributed by atoms with Gasteiger partial charge in [-0.2, -0.15) is 4.31 Å². The van der Waals surface area contributed by atoms with E-state index in [0.29, 0.717) is 5.69 Å². The van der Waals surface area contributed by atoms with Crippen LogP contribution in [0.25, 0.3) is 0 Å². The molecule has 0 aromatic heterocycles. The average molecular weight is 300 g/mol. The van der Waals surface area contributed by atoms with E-state index in [1.54, 1.807) is 19.9 Å². The third-order valence-corrected chi connectivity index (χ3v) is 4.92. The van der Waals surface area contributed by atoms with Gasteiger partial charge >= 0.3 is 0 Å². The van der Waals surface area contributed by atoms with Gasteiger partial charge in [-0.3, -0.25) is 4.79 Å². The standard InChI is InChI=1S/C13H20N2O4S/c1-9(2)15(4)20(17,18)13-8-11(14-10(3)16)6-7-12(13)19-5/h6-9H,1-5H3,(H,14,16). The van der Waals surface area contributed by atoms with Crippen molar-refractivity contribution < 1.29 is 17.9 Å². The van der Waals surface area contributed by atoms with Crippen LogP contribution in [0.2, 0.25) is 0 Å². The minimum absolute atomic E-state index is 0.0300. The SMILES string of the molecule is COc1ccc(NC(C)=O)cc1S(=O)(=O)N(C)C(C)C. The number of carbonyl (C=O) groups excluding carboxylic acids is 1. The van der Waals surface area contributed by atoms with Crippen molar-refractivity contribution in [3.63, 3.8) is 0 Å². The van der Waals surface area contributed by atoms with Gasteiger partial charge in [-0.25, -0.2) is 8.42 Å². The normalized spacial score (nSPS) is 11.8. The van der Waals surface area contributed by atoms with Crippen molar-refractivity contribution in [3.05, 3.63) is 18.2 Å². The highest BCUT2D eigenvalue weighted by Crippen LogP contribution is 2.29. The Bertz CT molecular complexity index is 596. The molecule has 0 unspecified atom stereocenters. The molecule has 0 saturated heterocycles. The number of anilines is 1. The maximum absolute atomic E-state index is 12.5. The Balaban J connectivity index is 3.37. The molecular formula is C13H20N2O4S. The number of ether oxygens (including phenoxy) is 1. The molecule has 0 atom stereocenters. The summed E-state index contributed by atoms with van der Waals surface area (Å²) in [4.78, 5) is 11.1. The van der Waals surface area contributed by atoms with Crippen molar-refractivity contribution in [1.82, 2.24) is 4.31 Å². The van der Waals surface area contributed by atoms with Gasteiger partial charge in [0.2, 0.25) is 15.9 Å². The maximum atomic E-state index is 12.5. The van der Waals surface area contributed by atoms with Gasteiger partial charge in [0, 0.05) is 25.7 Å². The van der Waals surface area contributed by atoms with E-state index in [0.717, 1.165) is 0 Å². The first-order chi connectivity index (χ1) is 9.20. The van der Waals surface area contributed by atoms with E-state index in [4.69, 9.17) is 4.74 Å². The number of carbonyl (C=O) groups is 1. The van der Waals surface area contributed by atoms with Crippen LogP contribution in [0.1, 0.15) is 20.8 Å². The summed E-state index contributed by atoms with van der Waals surface area (Å²) in [6.45, 7) is 4.92. The van der Waals surface area contributed by atoms with Crippen LogP contribution >= 0.6 is 0 Å². The molecule has 1 aromatic carbocycles. The minimum atomic E-state index is -3.68. The van der Waals surface area contributed by atoms with E-state index in [9.17, 15) is 13.2 Å². The summed E-state index contributed by atoms with van der Waals surface area (Å²) < 4.78 is 31.4. The number of nitrogens with zero attached hydrogens (tertiary/aromatic N) is 1. The fraction of sp³-hybridized carbons (Fsp3) is 0.462. The van der Waals surface area contributed by atoms with Crippen molar-refractivity contribution >= 4 is 21.6 Å². The van der Waals surface area contributed by atoms with Crippen LogP contribution in [0.3, 0.4) is 0 Å². The molecule has 112 valence electrons. The molecule has 0 bridgehead atoms. The first-order valence-corrected chi connectivity index (χ1v) is 7.57. The Morgan fingerprint density at radius 1 is 1.35 bits per heavy atom. The van der Waals surface area contributed by atoms with E-state index in [1.807, 2.05) is 0 Å². The van der Waals surface area contributed by atoms with Crippen molar-refractivity contribution in [1.29, 1.82) is 0 Å². The van der Waals surface area contributed by atoms with Crippen molar-refractivity contribution in [2.24, 2.45) is 0 Å². The van der Waals surface area contributed by atoms with E-state index in [2.05, 4.69) is 5.32 Å². The molecule has 0 aliphatic heterocycles. The van der Waals surface area contributed by atoms with E-state index in [-0.39, 0.29) is 22.6 Å². The Labute approximate surface area is 119 Å². The van der Waals surface area contributed by atoms with E-state index >= 15 is 0 Å². The molecule has 1 amide bonds. The molecule has 0 heterocycles. The second-order valence-electron chi connectivity index (χ2n) is 4.66. The zero-order valence-corrected chi connectivity index (χ0v) is 13.1. The summed E-state index contributed by atoms with van der Waals surface area (Å²) in [7, 11) is -0.773. The Morgan fingerprint density at radius 3 is 2.40 bits per heavy atom. The molecule has 0 radical (unpaired) electrons. The number of hydrogen-bond acceptors (Lipinski definition) is 4. The van der Waals surface area contributed by atoms with Gasteiger partial charge in [-0.1, -0.05) is 0 Å². The van der Waals surface area contributed by atoms with Crippen LogP contribution in [0.4, 0.5) is 5.69 Å². The van der Waals surface area contributed by atoms with Crippen LogP contribution in [-0.4, -0.2) is 38.8 Å². The van der Waals surface area contributed by atoms with Gasteiger partial charge in [-0.05, 0) is 32.0 Å². The first-order valence-electron chi connectivity index (χ1n) is 6.13. The van der Waals surface area contributed by atoms with E-state index < -0.39 is 10.0 Å². The van der Waals surface area contributed by atoms with E-state index in [1.165, 1.54) is 37.5 Å². The first kappa shape index (κ1) is 16.5. The molecule has 1 rings (SSSR count). The summed E-state index contributed by atoms with van der Waals surface area (Å²) in [5.41, 5.74) is 0.411. The third-order valence-electron chi connectivity index (χ3n) is 2.87. The zero-order valence-electron chi connectivity index (χ0n) is 12.3. The van der Waals surface area contributed by atoms with Crippen LogP contribution in [0, 0.1) is 0 Å². The molecule has 1 aromatic rings. The predicted molar refractivity (Wildman–Crippen MR) is 77.4 cm³/mol. The van der Waals surface area contributed by atoms with Gasteiger partial charge in [0.1, 0.15) is 10.6 Å². The lowest BCUT2D eigenvalue weighted by atomic mass is 10.3. The van der Waals surface area contributed by atoms with Crippen molar-refractivity contribution in [3.8, 4) is 5.75 Å². The van der Waals surface area contributed by atoms with Crippen LogP contribution < -0.4 is 10.1 Å². The molecule has 7 heteroatoms. The highest BCUT2D eigenvalue weighted by molar-refractivity contribution is 7.89. The molecule has 0 fully saturated rings. The number of rotatable bonds is 5. The van der Waals surface area contributed by atoms with Gasteiger partial charge in [0.15, 0.2) is 0 Å². The minimum Gasteiger partial charge on any atom is -0.495 e. The molecule has 0 aliphatic rings. The van der Waals surface area contributed by atoms with Crippen LogP contribution in [0.5, 0.6) is 5.75 Å². The average Bonchev–Trinajstić information content (AvgIpc) is 2.36.